The lowest BCUT2D eigenvalue weighted by molar-refractivity contribution is 0.338. The number of fused-ring (bicyclic) bond motifs is 3. The Hall–Kier alpha value is -3.42. The highest BCUT2D eigenvalue weighted by molar-refractivity contribution is 9.10. The van der Waals surface area contributed by atoms with Gasteiger partial charge in [0.05, 0.1) is 34.5 Å². The number of aromatic nitrogens is 1. The predicted molar refractivity (Wildman–Crippen MR) is 151 cm³/mol. The number of halogens is 1. The SMILES string of the molecule is CCOc1ccc(/C=c2/sc3n(c2=O)[C@H](c2ccc(OC)cc2)C2=C(N=3)c3ccccc3CC2)cc1Br. The summed E-state index contributed by atoms with van der Waals surface area (Å²) in [6.45, 7) is 2.55. The fourth-order valence-electron chi connectivity index (χ4n) is 5.14. The fourth-order valence-corrected chi connectivity index (χ4v) is 6.65. The van der Waals surface area contributed by atoms with Crippen molar-refractivity contribution in [2.45, 2.75) is 25.8 Å². The molecule has 0 radical (unpaired) electrons. The molecule has 2 aliphatic rings. The Morgan fingerprint density at radius 3 is 2.68 bits per heavy atom. The van der Waals surface area contributed by atoms with E-state index in [9.17, 15) is 4.79 Å². The second kappa shape index (κ2) is 9.80. The summed E-state index contributed by atoms with van der Waals surface area (Å²) in [4.78, 5) is 19.7. The van der Waals surface area contributed by atoms with E-state index in [1.807, 2.05) is 47.9 Å². The van der Waals surface area contributed by atoms with Crippen molar-refractivity contribution in [2.24, 2.45) is 4.99 Å². The fraction of sp³-hybridized carbons (Fsp3) is 0.200. The molecule has 0 N–H and O–H groups in total. The van der Waals surface area contributed by atoms with Crippen LogP contribution in [0.4, 0.5) is 0 Å². The minimum atomic E-state index is -0.209. The van der Waals surface area contributed by atoms with Gasteiger partial charge in [-0.25, -0.2) is 4.99 Å². The Labute approximate surface area is 227 Å². The molecule has 7 heteroatoms. The first-order chi connectivity index (χ1) is 18.1. The Bertz CT molecular complexity index is 1720. The van der Waals surface area contributed by atoms with Gasteiger partial charge < -0.3 is 9.47 Å². The van der Waals surface area contributed by atoms with Gasteiger partial charge in [-0.1, -0.05) is 53.8 Å². The summed E-state index contributed by atoms with van der Waals surface area (Å²) >= 11 is 5.02. The molecule has 0 spiro atoms. The number of thiazole rings is 1. The lowest BCUT2D eigenvalue weighted by atomic mass is 9.83. The maximum absolute atomic E-state index is 13.9. The van der Waals surface area contributed by atoms with E-state index in [0.717, 1.165) is 56.0 Å². The zero-order valence-corrected chi connectivity index (χ0v) is 22.9. The molecule has 1 aliphatic heterocycles. The van der Waals surface area contributed by atoms with E-state index in [4.69, 9.17) is 14.5 Å². The molecule has 0 unspecified atom stereocenters. The molecule has 4 aromatic rings. The molecular weight excluding hydrogens is 548 g/mol. The van der Waals surface area contributed by atoms with Gasteiger partial charge in [-0.2, -0.15) is 0 Å². The highest BCUT2D eigenvalue weighted by Gasteiger charge is 2.32. The summed E-state index contributed by atoms with van der Waals surface area (Å²) in [5.74, 6) is 1.58. The van der Waals surface area contributed by atoms with Crippen LogP contribution in [0.2, 0.25) is 0 Å². The van der Waals surface area contributed by atoms with Gasteiger partial charge in [0.15, 0.2) is 4.80 Å². The Morgan fingerprint density at radius 2 is 1.92 bits per heavy atom. The molecule has 1 aromatic heterocycles. The lowest BCUT2D eigenvalue weighted by Crippen LogP contribution is -2.38. The number of allylic oxidation sites excluding steroid dienone is 1. The molecule has 2 heterocycles. The summed E-state index contributed by atoms with van der Waals surface area (Å²) in [5.41, 5.74) is 6.60. The first kappa shape index (κ1) is 23.9. The van der Waals surface area contributed by atoms with Crippen LogP contribution in [0.1, 0.15) is 41.6 Å². The van der Waals surface area contributed by atoms with Gasteiger partial charge in [0.1, 0.15) is 11.5 Å². The van der Waals surface area contributed by atoms with Crippen LogP contribution in [-0.4, -0.2) is 18.3 Å². The summed E-state index contributed by atoms with van der Waals surface area (Å²) in [6, 6.07) is 22.2. The number of hydrogen-bond acceptors (Lipinski definition) is 5. The third-order valence-corrected chi connectivity index (χ3v) is 8.46. The molecule has 186 valence electrons. The van der Waals surface area contributed by atoms with Crippen LogP contribution >= 0.6 is 27.3 Å². The maximum Gasteiger partial charge on any atom is 0.271 e. The van der Waals surface area contributed by atoms with Crippen molar-refractivity contribution in [3.63, 3.8) is 0 Å². The smallest absolute Gasteiger partial charge is 0.271 e. The average molecular weight is 574 g/mol. The standard InChI is InChI=1S/C30H25BrN2O3S/c1-3-36-25-15-8-18(16-24(25)31)17-26-29(34)33-28(20-9-12-21(35-2)13-10-20)23-14-11-19-6-4-5-7-22(19)27(23)32-30(33)37-26/h4-10,12-13,15-17,28H,3,11,14H2,1-2H3/b26-17+/t28-/m1/s1. The molecule has 5 nitrogen and oxygen atoms in total. The summed E-state index contributed by atoms with van der Waals surface area (Å²) < 4.78 is 14.4. The highest BCUT2D eigenvalue weighted by atomic mass is 79.9. The van der Waals surface area contributed by atoms with Crippen LogP contribution in [0, 0.1) is 0 Å². The first-order valence-electron chi connectivity index (χ1n) is 12.3. The quantitative estimate of drug-likeness (QED) is 0.318. The van der Waals surface area contributed by atoms with E-state index in [1.165, 1.54) is 22.5 Å². The highest BCUT2D eigenvalue weighted by Crippen LogP contribution is 2.41. The molecule has 0 amide bonds. The third kappa shape index (κ3) is 4.26. The van der Waals surface area contributed by atoms with E-state index in [2.05, 4.69) is 52.3 Å². The van der Waals surface area contributed by atoms with E-state index in [0.29, 0.717) is 11.1 Å². The van der Waals surface area contributed by atoms with Crippen molar-refractivity contribution in [3.8, 4) is 11.5 Å². The molecule has 3 aromatic carbocycles. The van der Waals surface area contributed by atoms with Crippen molar-refractivity contribution in [3.05, 3.63) is 119 Å². The van der Waals surface area contributed by atoms with E-state index in [1.54, 1.807) is 7.11 Å². The van der Waals surface area contributed by atoms with Crippen LogP contribution < -0.4 is 24.4 Å². The number of methoxy groups -OCH3 is 1. The van der Waals surface area contributed by atoms with Crippen molar-refractivity contribution < 1.29 is 9.47 Å². The summed E-state index contributed by atoms with van der Waals surface area (Å²) in [5, 5.41) is 0. The second-order valence-electron chi connectivity index (χ2n) is 9.01. The van der Waals surface area contributed by atoms with Gasteiger partial charge in [-0.15, -0.1) is 0 Å². The predicted octanol–water partition coefficient (Wildman–Crippen LogP) is 5.49. The van der Waals surface area contributed by atoms with Gasteiger partial charge in [0.25, 0.3) is 5.56 Å². The largest absolute Gasteiger partial charge is 0.497 e. The third-order valence-electron chi connectivity index (χ3n) is 6.86. The summed E-state index contributed by atoms with van der Waals surface area (Å²) in [6.07, 6.45) is 3.73. The minimum absolute atomic E-state index is 0.0278. The average Bonchev–Trinajstić information content (AvgIpc) is 3.23. The zero-order chi connectivity index (χ0) is 25.5. The van der Waals surface area contributed by atoms with Gasteiger partial charge in [-0.05, 0) is 88.3 Å². The van der Waals surface area contributed by atoms with Crippen LogP contribution in [0.5, 0.6) is 11.5 Å². The van der Waals surface area contributed by atoms with Crippen LogP contribution in [0.15, 0.2) is 86.6 Å². The first-order valence-corrected chi connectivity index (χ1v) is 13.9. The number of benzene rings is 3. The topological polar surface area (TPSA) is 52.8 Å². The second-order valence-corrected chi connectivity index (χ2v) is 10.9. The van der Waals surface area contributed by atoms with Crippen molar-refractivity contribution >= 4 is 39.0 Å². The number of rotatable bonds is 5. The van der Waals surface area contributed by atoms with E-state index >= 15 is 0 Å². The molecule has 37 heavy (non-hydrogen) atoms. The monoisotopic (exact) mass is 572 g/mol. The summed E-state index contributed by atoms with van der Waals surface area (Å²) in [7, 11) is 1.66. The lowest BCUT2D eigenvalue weighted by Gasteiger charge is -2.30. The number of hydrogen-bond donors (Lipinski definition) is 0. The van der Waals surface area contributed by atoms with Crippen molar-refractivity contribution in [1.82, 2.24) is 4.57 Å². The minimum Gasteiger partial charge on any atom is -0.497 e. The molecule has 0 bridgehead atoms. The number of nitrogens with zero attached hydrogens (tertiary/aromatic N) is 2. The van der Waals surface area contributed by atoms with Crippen molar-refractivity contribution in [1.29, 1.82) is 0 Å². The van der Waals surface area contributed by atoms with Crippen molar-refractivity contribution in [2.75, 3.05) is 13.7 Å². The molecule has 0 saturated carbocycles. The molecule has 1 aliphatic carbocycles. The van der Waals surface area contributed by atoms with Crippen LogP contribution in [0.3, 0.4) is 0 Å². The van der Waals surface area contributed by atoms with Gasteiger partial charge in [0, 0.05) is 5.56 Å². The molecule has 6 rings (SSSR count). The van der Waals surface area contributed by atoms with Gasteiger partial charge >= 0.3 is 0 Å². The zero-order valence-electron chi connectivity index (χ0n) is 20.5. The van der Waals surface area contributed by atoms with E-state index < -0.39 is 0 Å². The maximum atomic E-state index is 13.9. The Morgan fingerprint density at radius 1 is 1.11 bits per heavy atom. The molecule has 1 atom stereocenters. The molecular formula is C30H25BrN2O3S. The normalized spacial score (nSPS) is 16.5. The van der Waals surface area contributed by atoms with Gasteiger partial charge in [0.2, 0.25) is 0 Å². The Balaban J connectivity index is 1.55. The molecule has 0 fully saturated rings. The van der Waals surface area contributed by atoms with E-state index in [-0.39, 0.29) is 11.6 Å². The van der Waals surface area contributed by atoms with Crippen LogP contribution in [0.25, 0.3) is 11.8 Å². The number of ether oxygens (including phenoxy) is 2. The Kier molecular flexibility index (Phi) is 6.34. The van der Waals surface area contributed by atoms with Crippen LogP contribution in [-0.2, 0) is 6.42 Å². The van der Waals surface area contributed by atoms with Gasteiger partial charge in [-0.3, -0.25) is 9.36 Å². The number of aryl methyl sites for hydroxylation is 1. The molecule has 0 saturated heterocycles.